The van der Waals surface area contributed by atoms with E-state index in [9.17, 15) is 4.79 Å². The third kappa shape index (κ3) is 4.36. The molecule has 0 N–H and O–H groups in total. The number of thioether (sulfide) groups is 1. The third-order valence-electron chi connectivity index (χ3n) is 3.52. The molecule has 0 heterocycles. The maximum atomic E-state index is 12.1. The van der Waals surface area contributed by atoms with Gasteiger partial charge in [-0.3, -0.25) is 4.79 Å². The minimum absolute atomic E-state index is 0.0265. The van der Waals surface area contributed by atoms with Crippen LogP contribution in [0.1, 0.15) is 31.1 Å². The van der Waals surface area contributed by atoms with Crippen molar-refractivity contribution in [2.45, 2.75) is 30.4 Å². The Kier molecular flexibility index (Phi) is 5.89. The Morgan fingerprint density at radius 2 is 1.71 bits per heavy atom. The molecule has 21 heavy (non-hydrogen) atoms. The minimum atomic E-state index is -0.0265. The first-order valence-electron chi connectivity index (χ1n) is 7.11. The summed E-state index contributed by atoms with van der Waals surface area (Å²) in [5, 5.41) is 0.828. The number of halogens is 1. The number of ketones is 1. The number of hydrogen-bond donors (Lipinski definition) is 0. The first-order valence-corrected chi connectivity index (χ1v) is 8.37. The van der Waals surface area contributed by atoms with E-state index in [-0.39, 0.29) is 11.2 Å². The SMILES string of the molecule is CCC(=O)C(C)C(Sc1ccccc1)c1ccc(Cl)cc1. The maximum Gasteiger partial charge on any atom is 0.136 e. The second-order valence-electron chi connectivity index (χ2n) is 5.01. The number of carbonyl (C=O) groups is 1. The minimum Gasteiger partial charge on any atom is -0.299 e. The van der Waals surface area contributed by atoms with Crippen molar-refractivity contribution in [2.75, 3.05) is 0 Å². The molecule has 0 bridgehead atoms. The van der Waals surface area contributed by atoms with Gasteiger partial charge in [-0.1, -0.05) is 55.8 Å². The zero-order valence-electron chi connectivity index (χ0n) is 12.3. The van der Waals surface area contributed by atoms with E-state index in [1.165, 1.54) is 4.90 Å². The lowest BCUT2D eigenvalue weighted by atomic mass is 9.95. The zero-order valence-corrected chi connectivity index (χ0v) is 13.8. The van der Waals surface area contributed by atoms with E-state index in [0.717, 1.165) is 10.6 Å². The first-order chi connectivity index (χ1) is 10.1. The molecule has 1 nitrogen and oxygen atoms in total. The van der Waals surface area contributed by atoms with Crippen LogP contribution in [0.3, 0.4) is 0 Å². The lowest BCUT2D eigenvalue weighted by molar-refractivity contribution is -0.122. The Morgan fingerprint density at radius 3 is 2.29 bits per heavy atom. The molecule has 0 saturated carbocycles. The highest BCUT2D eigenvalue weighted by atomic mass is 35.5. The highest BCUT2D eigenvalue weighted by molar-refractivity contribution is 7.99. The van der Waals surface area contributed by atoms with Crippen LogP contribution >= 0.6 is 23.4 Å². The second-order valence-corrected chi connectivity index (χ2v) is 6.66. The largest absolute Gasteiger partial charge is 0.299 e. The summed E-state index contributed by atoms with van der Waals surface area (Å²) in [5.41, 5.74) is 1.14. The number of carbonyl (C=O) groups excluding carboxylic acids is 1. The molecule has 3 heteroatoms. The monoisotopic (exact) mass is 318 g/mol. The van der Waals surface area contributed by atoms with Crippen LogP contribution in [0.15, 0.2) is 59.5 Å². The maximum absolute atomic E-state index is 12.1. The highest BCUT2D eigenvalue weighted by Gasteiger charge is 2.25. The molecule has 0 aliphatic rings. The summed E-state index contributed by atoms with van der Waals surface area (Å²) in [5.74, 6) is 0.264. The third-order valence-corrected chi connectivity index (χ3v) is 5.25. The highest BCUT2D eigenvalue weighted by Crippen LogP contribution is 2.41. The lowest BCUT2D eigenvalue weighted by Crippen LogP contribution is -2.16. The van der Waals surface area contributed by atoms with Gasteiger partial charge in [0.1, 0.15) is 5.78 Å². The van der Waals surface area contributed by atoms with Gasteiger partial charge in [0, 0.05) is 27.5 Å². The van der Waals surface area contributed by atoms with Crippen LogP contribution in [-0.4, -0.2) is 5.78 Å². The van der Waals surface area contributed by atoms with Crippen LogP contribution in [0.25, 0.3) is 0 Å². The number of hydrogen-bond acceptors (Lipinski definition) is 2. The van der Waals surface area contributed by atoms with Crippen LogP contribution in [0.2, 0.25) is 5.02 Å². The summed E-state index contributed by atoms with van der Waals surface area (Å²) in [4.78, 5) is 13.3. The molecule has 0 radical (unpaired) electrons. The van der Waals surface area contributed by atoms with Crippen molar-refractivity contribution < 1.29 is 4.79 Å². The number of benzene rings is 2. The molecule has 2 aromatic carbocycles. The summed E-state index contributed by atoms with van der Waals surface area (Å²) >= 11 is 7.71. The van der Waals surface area contributed by atoms with Gasteiger partial charge in [-0.05, 0) is 29.8 Å². The van der Waals surface area contributed by atoms with E-state index in [0.29, 0.717) is 12.2 Å². The smallest absolute Gasteiger partial charge is 0.136 e. The lowest BCUT2D eigenvalue weighted by Gasteiger charge is -2.23. The standard InChI is InChI=1S/C18H19ClOS/c1-3-17(20)13(2)18(14-9-11-15(19)12-10-14)21-16-7-5-4-6-8-16/h4-13,18H,3H2,1-2H3. The summed E-state index contributed by atoms with van der Waals surface area (Å²) in [7, 11) is 0. The Balaban J connectivity index is 2.29. The Hall–Kier alpha value is -1.25. The molecule has 0 amide bonds. The van der Waals surface area contributed by atoms with Crippen molar-refractivity contribution in [2.24, 2.45) is 5.92 Å². The predicted octanol–water partition coefficient (Wildman–Crippen LogP) is 5.79. The van der Waals surface area contributed by atoms with Crippen molar-refractivity contribution in [3.8, 4) is 0 Å². The Labute approximate surface area is 135 Å². The van der Waals surface area contributed by atoms with Crippen LogP contribution in [0.5, 0.6) is 0 Å². The normalized spacial score (nSPS) is 13.7. The average Bonchev–Trinajstić information content (AvgIpc) is 2.53. The van der Waals surface area contributed by atoms with Gasteiger partial charge < -0.3 is 0 Å². The molecule has 0 aromatic heterocycles. The van der Waals surface area contributed by atoms with E-state index >= 15 is 0 Å². The van der Waals surface area contributed by atoms with Gasteiger partial charge in [0.25, 0.3) is 0 Å². The molecule has 0 fully saturated rings. The Morgan fingerprint density at radius 1 is 1.10 bits per heavy atom. The summed E-state index contributed by atoms with van der Waals surface area (Å²) in [6, 6.07) is 18.0. The molecular weight excluding hydrogens is 300 g/mol. The zero-order chi connectivity index (χ0) is 15.2. The van der Waals surface area contributed by atoms with Gasteiger partial charge in [-0.25, -0.2) is 0 Å². The van der Waals surface area contributed by atoms with Gasteiger partial charge in [0.15, 0.2) is 0 Å². The molecule has 110 valence electrons. The fourth-order valence-electron chi connectivity index (χ4n) is 2.25. The van der Waals surface area contributed by atoms with Crippen molar-refractivity contribution in [1.82, 2.24) is 0 Å². The molecule has 0 spiro atoms. The summed E-state index contributed by atoms with van der Waals surface area (Å²) in [6.07, 6.45) is 0.570. The molecule has 0 aliphatic heterocycles. The molecule has 0 saturated heterocycles. The van der Waals surface area contributed by atoms with Crippen LogP contribution in [0.4, 0.5) is 0 Å². The number of Topliss-reactive ketones (excluding diaryl/α,β-unsaturated/α-hetero) is 1. The van der Waals surface area contributed by atoms with Gasteiger partial charge in [0.05, 0.1) is 0 Å². The van der Waals surface area contributed by atoms with E-state index in [2.05, 4.69) is 12.1 Å². The van der Waals surface area contributed by atoms with Crippen molar-refractivity contribution in [3.05, 3.63) is 65.2 Å². The fraction of sp³-hybridized carbons (Fsp3) is 0.278. The topological polar surface area (TPSA) is 17.1 Å². The molecule has 2 rings (SSSR count). The van der Waals surface area contributed by atoms with Gasteiger partial charge in [0.2, 0.25) is 0 Å². The summed E-state index contributed by atoms with van der Waals surface area (Å²) < 4.78 is 0. The number of rotatable bonds is 6. The molecule has 0 aliphatic carbocycles. The van der Waals surface area contributed by atoms with E-state index in [1.807, 2.05) is 56.3 Å². The van der Waals surface area contributed by atoms with E-state index < -0.39 is 0 Å². The Bertz CT molecular complexity index is 580. The van der Waals surface area contributed by atoms with Crippen LogP contribution in [0, 0.1) is 5.92 Å². The van der Waals surface area contributed by atoms with Crippen molar-refractivity contribution in [3.63, 3.8) is 0 Å². The molecular formula is C18H19ClOS. The molecule has 2 atom stereocenters. The first kappa shape index (κ1) is 16.1. The fourth-order valence-corrected chi connectivity index (χ4v) is 3.63. The quantitative estimate of drug-likeness (QED) is 0.627. The molecule has 2 unspecified atom stereocenters. The predicted molar refractivity (Wildman–Crippen MR) is 91.0 cm³/mol. The van der Waals surface area contributed by atoms with E-state index in [1.54, 1.807) is 11.8 Å². The second kappa shape index (κ2) is 7.67. The van der Waals surface area contributed by atoms with Gasteiger partial charge >= 0.3 is 0 Å². The van der Waals surface area contributed by atoms with E-state index in [4.69, 9.17) is 11.6 Å². The summed E-state index contributed by atoms with van der Waals surface area (Å²) in [6.45, 7) is 3.94. The van der Waals surface area contributed by atoms with Crippen LogP contribution in [-0.2, 0) is 4.79 Å². The van der Waals surface area contributed by atoms with Gasteiger partial charge in [-0.2, -0.15) is 0 Å². The molecule has 2 aromatic rings. The van der Waals surface area contributed by atoms with Gasteiger partial charge in [-0.15, -0.1) is 11.8 Å². The van der Waals surface area contributed by atoms with Crippen molar-refractivity contribution >= 4 is 29.1 Å². The van der Waals surface area contributed by atoms with Crippen LogP contribution < -0.4 is 0 Å². The van der Waals surface area contributed by atoms with Crippen molar-refractivity contribution in [1.29, 1.82) is 0 Å². The average molecular weight is 319 g/mol.